The molecule has 1 aliphatic heterocycles. The van der Waals surface area contributed by atoms with Crippen LogP contribution in [0, 0.1) is 0 Å². The summed E-state index contributed by atoms with van der Waals surface area (Å²) in [5, 5.41) is 27.4. The zero-order chi connectivity index (χ0) is 31.2. The number of aliphatic hydroxyl groups is 1. The molecule has 5 N–H and O–H groups in total. The quantitative estimate of drug-likeness (QED) is 0.182. The summed E-state index contributed by atoms with van der Waals surface area (Å²) in [5.74, 6) is 0.411. The number of carbonyl (C=O) groups is 2. The number of anilines is 2. The Morgan fingerprint density at radius 3 is 2.56 bits per heavy atom. The lowest BCUT2D eigenvalue weighted by Crippen LogP contribution is -2.48. The fourth-order valence-corrected chi connectivity index (χ4v) is 6.38. The third-order valence-corrected chi connectivity index (χ3v) is 8.71. The molecule has 0 aliphatic carbocycles. The van der Waals surface area contributed by atoms with Gasteiger partial charge in [0.2, 0.25) is 10.0 Å². The third kappa shape index (κ3) is 9.98. The van der Waals surface area contributed by atoms with Crippen molar-refractivity contribution in [1.29, 1.82) is 0 Å². The van der Waals surface area contributed by atoms with Crippen molar-refractivity contribution in [2.75, 3.05) is 35.0 Å². The Bertz CT molecular complexity index is 1440. The van der Waals surface area contributed by atoms with E-state index in [0.717, 1.165) is 17.5 Å². The summed E-state index contributed by atoms with van der Waals surface area (Å²) in [7, 11) is -3.45. The lowest BCUT2D eigenvalue weighted by molar-refractivity contribution is -0.122. The molecule has 0 spiro atoms. The predicted molar refractivity (Wildman–Crippen MR) is 168 cm³/mol. The van der Waals surface area contributed by atoms with Crippen LogP contribution < -0.4 is 20.3 Å². The Morgan fingerprint density at radius 2 is 1.91 bits per heavy atom. The van der Waals surface area contributed by atoms with Crippen molar-refractivity contribution >= 4 is 39.9 Å². The van der Waals surface area contributed by atoms with Gasteiger partial charge in [0.15, 0.2) is 0 Å². The van der Waals surface area contributed by atoms with Crippen LogP contribution in [0.25, 0.3) is 6.08 Å². The van der Waals surface area contributed by atoms with Crippen molar-refractivity contribution in [2.24, 2.45) is 0 Å². The summed E-state index contributed by atoms with van der Waals surface area (Å²) >= 11 is 0. The standard InChI is InChI=1S/C30H38N4O5S.CH2O2/c1-3-22-14-27(39-21-22)19-31-20-29(35)28(15-23-10-6-5-7-11-23)33-30(36)24-16-25(32-4-2)18-26(17-24)34-12-8-9-13-40(34,37)38;2-1-3/h3,5-7,10-11,14,16-18,21,28-29,31-32,35H,1,4,8-9,12-13,15,19-20H2,2H3,(H,33,36);1H,(H,2,3)/t28-,29+;/m0./s1. The molecule has 43 heavy (non-hydrogen) atoms. The molecule has 2 heterocycles. The Balaban J connectivity index is 0.00000162. The molecule has 12 heteroatoms. The van der Waals surface area contributed by atoms with Crippen LogP contribution in [-0.2, 0) is 27.8 Å². The molecule has 11 nitrogen and oxygen atoms in total. The summed E-state index contributed by atoms with van der Waals surface area (Å²) in [6.07, 6.45) is 4.21. The van der Waals surface area contributed by atoms with Gasteiger partial charge in [0, 0.05) is 36.4 Å². The molecule has 1 fully saturated rings. The van der Waals surface area contributed by atoms with Crippen LogP contribution >= 0.6 is 0 Å². The van der Waals surface area contributed by atoms with E-state index in [4.69, 9.17) is 14.3 Å². The Hall–Kier alpha value is -4.13. The Kier molecular flexibility index (Phi) is 12.8. The van der Waals surface area contributed by atoms with Crippen LogP contribution in [0.4, 0.5) is 11.4 Å². The Morgan fingerprint density at radius 1 is 1.16 bits per heavy atom. The van der Waals surface area contributed by atoms with Gasteiger partial charge >= 0.3 is 0 Å². The lowest BCUT2D eigenvalue weighted by Gasteiger charge is -2.29. The second kappa shape index (κ2) is 16.5. The van der Waals surface area contributed by atoms with Gasteiger partial charge in [-0.15, -0.1) is 0 Å². The average molecular weight is 613 g/mol. The summed E-state index contributed by atoms with van der Waals surface area (Å²) in [6, 6.07) is 16.0. The molecule has 2 atom stereocenters. The number of sulfonamides is 1. The van der Waals surface area contributed by atoms with Gasteiger partial charge in [0.25, 0.3) is 12.4 Å². The third-order valence-electron chi connectivity index (χ3n) is 6.84. The molecule has 0 unspecified atom stereocenters. The molecular weight excluding hydrogens is 572 g/mol. The van der Waals surface area contributed by atoms with Gasteiger partial charge in [-0.25, -0.2) is 8.42 Å². The summed E-state index contributed by atoms with van der Waals surface area (Å²) in [5.41, 5.74) is 3.28. The van der Waals surface area contributed by atoms with Gasteiger partial charge in [-0.3, -0.25) is 13.9 Å². The molecule has 0 radical (unpaired) electrons. The number of nitrogens with zero attached hydrogens (tertiary/aromatic N) is 1. The number of furan rings is 1. The van der Waals surface area contributed by atoms with E-state index in [2.05, 4.69) is 22.5 Å². The minimum Gasteiger partial charge on any atom is -0.483 e. The topological polar surface area (TPSA) is 161 Å². The molecule has 232 valence electrons. The maximum Gasteiger partial charge on any atom is 0.290 e. The summed E-state index contributed by atoms with van der Waals surface area (Å²) in [4.78, 5) is 21.9. The van der Waals surface area contributed by atoms with E-state index in [0.29, 0.717) is 55.2 Å². The van der Waals surface area contributed by atoms with Crippen LogP contribution in [0.2, 0.25) is 0 Å². The van der Waals surface area contributed by atoms with Gasteiger partial charge in [-0.2, -0.15) is 0 Å². The highest BCUT2D eigenvalue weighted by Crippen LogP contribution is 2.28. The van der Waals surface area contributed by atoms with E-state index < -0.39 is 28.1 Å². The Labute approximate surface area is 252 Å². The summed E-state index contributed by atoms with van der Waals surface area (Å²) < 4.78 is 32.4. The molecule has 2 aromatic carbocycles. The van der Waals surface area contributed by atoms with Crippen LogP contribution in [0.1, 0.15) is 47.0 Å². The number of amides is 1. The van der Waals surface area contributed by atoms with Crippen LogP contribution in [0.3, 0.4) is 0 Å². The summed E-state index contributed by atoms with van der Waals surface area (Å²) in [6.45, 7) is 7.03. The zero-order valence-electron chi connectivity index (χ0n) is 24.2. The number of carboxylic acid groups (broad SMARTS) is 1. The first-order valence-corrected chi connectivity index (χ1v) is 15.7. The number of nitrogens with one attached hydrogen (secondary N) is 3. The minimum atomic E-state index is -3.45. The van der Waals surface area contributed by atoms with Crippen molar-refractivity contribution in [3.8, 4) is 0 Å². The fourth-order valence-electron chi connectivity index (χ4n) is 4.76. The van der Waals surface area contributed by atoms with Gasteiger partial charge in [0.05, 0.1) is 36.4 Å². The second-order valence-corrected chi connectivity index (χ2v) is 12.0. The molecule has 1 aliphatic rings. The largest absolute Gasteiger partial charge is 0.483 e. The van der Waals surface area contributed by atoms with E-state index in [-0.39, 0.29) is 18.8 Å². The predicted octanol–water partition coefficient (Wildman–Crippen LogP) is 3.48. The molecule has 1 saturated heterocycles. The first-order chi connectivity index (χ1) is 20.7. The zero-order valence-corrected chi connectivity index (χ0v) is 25.1. The monoisotopic (exact) mass is 612 g/mol. The molecular formula is C31H40N4O7S. The van der Waals surface area contributed by atoms with Crippen molar-refractivity contribution in [2.45, 2.75) is 44.9 Å². The van der Waals surface area contributed by atoms with Crippen molar-refractivity contribution in [1.82, 2.24) is 10.6 Å². The minimum absolute atomic E-state index is 0.0885. The van der Waals surface area contributed by atoms with Gasteiger partial charge < -0.3 is 30.6 Å². The molecule has 3 aromatic rings. The van der Waals surface area contributed by atoms with E-state index >= 15 is 0 Å². The normalized spacial score (nSPS) is 15.3. The average Bonchev–Trinajstić information content (AvgIpc) is 3.45. The van der Waals surface area contributed by atoms with Crippen LogP contribution in [0.15, 0.2) is 71.9 Å². The van der Waals surface area contributed by atoms with E-state index in [1.54, 1.807) is 30.5 Å². The molecule has 0 bridgehead atoms. The van der Waals surface area contributed by atoms with Crippen LogP contribution in [-0.4, -0.2) is 68.5 Å². The SMILES string of the molecule is C=Cc1coc(CNC[C@@H](O)[C@H](Cc2ccccc2)NC(=O)c2cc(NCC)cc(N3CCCCS3(=O)=O)c2)c1.O=CO. The molecule has 1 aromatic heterocycles. The maximum atomic E-state index is 13.6. The molecule has 4 rings (SSSR count). The second-order valence-electron chi connectivity index (χ2n) is 10.0. The number of hydrogen-bond donors (Lipinski definition) is 5. The van der Waals surface area contributed by atoms with Gasteiger partial charge in [-0.1, -0.05) is 43.0 Å². The number of benzene rings is 2. The van der Waals surface area contributed by atoms with Crippen LogP contribution in [0.5, 0.6) is 0 Å². The highest BCUT2D eigenvalue weighted by Gasteiger charge is 2.28. The van der Waals surface area contributed by atoms with E-state index in [1.807, 2.05) is 43.3 Å². The highest BCUT2D eigenvalue weighted by atomic mass is 32.2. The van der Waals surface area contributed by atoms with Crippen molar-refractivity contribution in [3.63, 3.8) is 0 Å². The lowest BCUT2D eigenvalue weighted by atomic mass is 10.00. The number of hydrogen-bond acceptors (Lipinski definition) is 8. The van der Waals surface area contributed by atoms with Gasteiger partial charge in [0.1, 0.15) is 5.76 Å². The first-order valence-electron chi connectivity index (χ1n) is 14.1. The molecule has 0 saturated carbocycles. The maximum absolute atomic E-state index is 13.6. The van der Waals surface area contributed by atoms with E-state index in [1.165, 1.54) is 4.31 Å². The van der Waals surface area contributed by atoms with Gasteiger partial charge in [-0.05, 0) is 56.0 Å². The fraction of sp³-hybridized carbons (Fsp3) is 0.355. The number of carbonyl (C=O) groups excluding carboxylic acids is 1. The first kappa shape index (κ1) is 33.4. The smallest absolute Gasteiger partial charge is 0.290 e. The van der Waals surface area contributed by atoms with E-state index in [9.17, 15) is 18.3 Å². The molecule has 1 amide bonds. The highest BCUT2D eigenvalue weighted by molar-refractivity contribution is 7.92. The van der Waals surface area contributed by atoms with Crippen molar-refractivity contribution in [3.05, 3.63) is 89.9 Å². The number of rotatable bonds is 13. The van der Waals surface area contributed by atoms with Crippen molar-refractivity contribution < 1.29 is 32.6 Å². The number of aliphatic hydroxyl groups excluding tert-OH is 1.